The van der Waals surface area contributed by atoms with Crippen molar-refractivity contribution >= 4 is 17.3 Å². The van der Waals surface area contributed by atoms with Crippen molar-refractivity contribution in [3.8, 4) is 0 Å². The number of rotatable bonds is 5. The van der Waals surface area contributed by atoms with Gasteiger partial charge < -0.3 is 16.0 Å². The maximum Gasteiger partial charge on any atom is 0.229 e. The van der Waals surface area contributed by atoms with Crippen LogP contribution in [0.4, 0.5) is 11.4 Å². The van der Waals surface area contributed by atoms with E-state index >= 15 is 0 Å². The number of nitrogens with two attached hydrogens (primary N) is 1. The number of nitrogens with one attached hydrogen (secondary N) is 1. The van der Waals surface area contributed by atoms with Gasteiger partial charge in [0.1, 0.15) is 0 Å². The van der Waals surface area contributed by atoms with Crippen molar-refractivity contribution in [3.05, 3.63) is 60.2 Å². The fourth-order valence-electron chi connectivity index (χ4n) is 2.34. The summed E-state index contributed by atoms with van der Waals surface area (Å²) < 4.78 is 0. The number of hydrogen-bond acceptors (Lipinski definition) is 3. The number of para-hydroxylation sites is 2. The first-order chi connectivity index (χ1) is 10.5. The number of amides is 1. The molecule has 0 bridgehead atoms. The molecule has 4 heteroatoms. The fourth-order valence-corrected chi connectivity index (χ4v) is 2.34. The molecule has 0 fully saturated rings. The van der Waals surface area contributed by atoms with Crippen molar-refractivity contribution in [2.45, 2.75) is 13.0 Å². The zero-order valence-electron chi connectivity index (χ0n) is 13.3. The molecule has 1 amide bonds. The minimum Gasteiger partial charge on any atom is -0.376 e. The zero-order chi connectivity index (χ0) is 16.1. The number of carbonyl (C=O) groups excluding carboxylic acids is 1. The van der Waals surface area contributed by atoms with Gasteiger partial charge in [-0.25, -0.2) is 0 Å². The van der Waals surface area contributed by atoms with E-state index in [1.165, 1.54) is 0 Å². The minimum atomic E-state index is -0.326. The summed E-state index contributed by atoms with van der Waals surface area (Å²) >= 11 is 0. The normalized spacial score (nSPS) is 13.3. The van der Waals surface area contributed by atoms with E-state index < -0.39 is 0 Å². The van der Waals surface area contributed by atoms with Crippen molar-refractivity contribution < 1.29 is 4.79 Å². The summed E-state index contributed by atoms with van der Waals surface area (Å²) in [4.78, 5) is 14.5. The molecule has 2 aromatic rings. The molecule has 0 aliphatic heterocycles. The molecule has 4 nitrogen and oxygen atoms in total. The lowest BCUT2D eigenvalue weighted by Crippen LogP contribution is -2.31. The molecule has 0 radical (unpaired) electrons. The molecule has 0 heterocycles. The molecule has 0 saturated heterocycles. The van der Waals surface area contributed by atoms with Gasteiger partial charge >= 0.3 is 0 Å². The summed E-state index contributed by atoms with van der Waals surface area (Å²) in [5.41, 5.74) is 8.95. The minimum absolute atomic E-state index is 0.0781. The zero-order valence-corrected chi connectivity index (χ0v) is 13.3. The Morgan fingerprint density at radius 1 is 1.05 bits per heavy atom. The number of nitrogens with zero attached hydrogens (tertiary/aromatic N) is 1. The van der Waals surface area contributed by atoms with Crippen molar-refractivity contribution in [1.82, 2.24) is 0 Å². The van der Waals surface area contributed by atoms with Crippen molar-refractivity contribution in [2.24, 2.45) is 11.7 Å². The Balaban J connectivity index is 2.12. The molecule has 0 spiro atoms. The van der Waals surface area contributed by atoms with E-state index in [0.29, 0.717) is 0 Å². The van der Waals surface area contributed by atoms with Crippen LogP contribution in [0.2, 0.25) is 0 Å². The summed E-state index contributed by atoms with van der Waals surface area (Å²) in [5, 5.41) is 2.98. The number of carbonyl (C=O) groups is 1. The summed E-state index contributed by atoms with van der Waals surface area (Å²) in [6, 6.07) is 17.1. The van der Waals surface area contributed by atoms with Crippen molar-refractivity contribution in [1.29, 1.82) is 0 Å². The van der Waals surface area contributed by atoms with Crippen LogP contribution in [0.25, 0.3) is 0 Å². The molecule has 2 rings (SSSR count). The Kier molecular flexibility index (Phi) is 5.17. The standard InChI is InChI=1S/C18H23N3O/c1-13(17(19)14-9-5-4-6-10-14)18(22)20-15-11-7-8-12-16(15)21(2)3/h4-13,17H,19H2,1-3H3,(H,20,22). The predicted octanol–water partition coefficient (Wildman–Crippen LogP) is 3.03. The van der Waals surface area contributed by atoms with Gasteiger partial charge in [0.05, 0.1) is 17.3 Å². The molecule has 116 valence electrons. The van der Waals surface area contributed by atoms with Gasteiger partial charge in [-0.05, 0) is 17.7 Å². The summed E-state index contributed by atoms with van der Waals surface area (Å²) in [6.07, 6.45) is 0. The van der Waals surface area contributed by atoms with Gasteiger partial charge in [0, 0.05) is 20.1 Å². The lowest BCUT2D eigenvalue weighted by atomic mass is 9.94. The highest BCUT2D eigenvalue weighted by atomic mass is 16.1. The molecular weight excluding hydrogens is 274 g/mol. The van der Waals surface area contributed by atoms with Gasteiger partial charge in [-0.3, -0.25) is 4.79 Å². The molecule has 0 aliphatic carbocycles. The second-order valence-corrected chi connectivity index (χ2v) is 5.63. The van der Waals surface area contributed by atoms with Crippen LogP contribution in [0.3, 0.4) is 0 Å². The molecule has 0 aromatic heterocycles. The number of benzene rings is 2. The van der Waals surface area contributed by atoms with Crippen molar-refractivity contribution in [2.75, 3.05) is 24.3 Å². The highest BCUT2D eigenvalue weighted by Crippen LogP contribution is 2.26. The van der Waals surface area contributed by atoms with Gasteiger partial charge in [0.15, 0.2) is 0 Å². The largest absolute Gasteiger partial charge is 0.376 e. The van der Waals surface area contributed by atoms with Crippen LogP contribution in [0.1, 0.15) is 18.5 Å². The van der Waals surface area contributed by atoms with Gasteiger partial charge in [-0.15, -0.1) is 0 Å². The van der Waals surface area contributed by atoms with Crippen LogP contribution < -0.4 is 16.0 Å². The molecular formula is C18H23N3O. The molecule has 22 heavy (non-hydrogen) atoms. The third kappa shape index (κ3) is 3.65. The molecule has 2 unspecified atom stereocenters. The molecule has 2 aromatic carbocycles. The first-order valence-electron chi connectivity index (χ1n) is 7.38. The average Bonchev–Trinajstić information content (AvgIpc) is 2.54. The van der Waals surface area contributed by atoms with E-state index in [1.807, 2.05) is 80.5 Å². The third-order valence-corrected chi connectivity index (χ3v) is 3.78. The first kappa shape index (κ1) is 16.0. The van der Waals surface area contributed by atoms with E-state index in [1.54, 1.807) is 0 Å². The summed E-state index contributed by atoms with van der Waals surface area (Å²) in [7, 11) is 3.90. The quantitative estimate of drug-likeness (QED) is 0.892. The Morgan fingerprint density at radius 3 is 2.27 bits per heavy atom. The average molecular weight is 297 g/mol. The van der Waals surface area contributed by atoms with Gasteiger partial charge in [0.2, 0.25) is 5.91 Å². The van der Waals surface area contributed by atoms with Crippen LogP contribution in [-0.4, -0.2) is 20.0 Å². The molecule has 0 aliphatic rings. The second-order valence-electron chi connectivity index (χ2n) is 5.63. The number of anilines is 2. The molecule has 0 saturated carbocycles. The third-order valence-electron chi connectivity index (χ3n) is 3.78. The topological polar surface area (TPSA) is 58.4 Å². The van der Waals surface area contributed by atoms with Crippen LogP contribution in [-0.2, 0) is 4.79 Å². The van der Waals surface area contributed by atoms with Crippen molar-refractivity contribution in [3.63, 3.8) is 0 Å². The van der Waals surface area contributed by atoms with E-state index in [0.717, 1.165) is 16.9 Å². The van der Waals surface area contributed by atoms with Crippen LogP contribution in [0.15, 0.2) is 54.6 Å². The predicted molar refractivity (Wildman–Crippen MR) is 91.9 cm³/mol. The highest BCUT2D eigenvalue weighted by Gasteiger charge is 2.22. The first-order valence-corrected chi connectivity index (χ1v) is 7.38. The second kappa shape index (κ2) is 7.09. The van der Waals surface area contributed by atoms with Crippen LogP contribution in [0, 0.1) is 5.92 Å². The summed E-state index contributed by atoms with van der Waals surface area (Å²) in [5.74, 6) is -0.400. The highest BCUT2D eigenvalue weighted by molar-refractivity contribution is 5.96. The van der Waals surface area contributed by atoms with E-state index in [2.05, 4.69) is 5.32 Å². The Morgan fingerprint density at radius 2 is 1.64 bits per heavy atom. The maximum atomic E-state index is 12.5. The smallest absolute Gasteiger partial charge is 0.229 e. The van der Waals surface area contributed by atoms with Gasteiger partial charge in [-0.1, -0.05) is 49.4 Å². The van der Waals surface area contributed by atoms with E-state index in [9.17, 15) is 4.79 Å². The lowest BCUT2D eigenvalue weighted by Gasteiger charge is -2.22. The molecule has 2 atom stereocenters. The maximum absolute atomic E-state index is 12.5. The Hall–Kier alpha value is -2.33. The number of hydrogen-bond donors (Lipinski definition) is 2. The van der Waals surface area contributed by atoms with Crippen LogP contribution >= 0.6 is 0 Å². The van der Waals surface area contributed by atoms with E-state index in [-0.39, 0.29) is 17.9 Å². The molecule has 3 N–H and O–H groups in total. The van der Waals surface area contributed by atoms with Gasteiger partial charge in [0.25, 0.3) is 0 Å². The monoisotopic (exact) mass is 297 g/mol. The SMILES string of the molecule is CC(C(=O)Nc1ccccc1N(C)C)C(N)c1ccccc1. The Bertz CT molecular complexity index is 625. The lowest BCUT2D eigenvalue weighted by molar-refractivity contribution is -0.120. The van der Waals surface area contributed by atoms with Gasteiger partial charge in [-0.2, -0.15) is 0 Å². The van der Waals surface area contributed by atoms with Crippen LogP contribution in [0.5, 0.6) is 0 Å². The Labute approximate surface area is 131 Å². The van der Waals surface area contributed by atoms with E-state index in [4.69, 9.17) is 5.73 Å². The summed E-state index contributed by atoms with van der Waals surface area (Å²) in [6.45, 7) is 1.85. The fraction of sp³-hybridized carbons (Fsp3) is 0.278.